The zero-order valence-electron chi connectivity index (χ0n) is 10.9. The van der Waals surface area contributed by atoms with E-state index in [1.807, 2.05) is 12.1 Å². The van der Waals surface area contributed by atoms with Crippen LogP contribution in [-0.4, -0.2) is 54.8 Å². The number of anilines is 1. The van der Waals surface area contributed by atoms with Gasteiger partial charge in [-0.25, -0.2) is 0 Å². The number of nitrogens with one attached hydrogen (secondary N) is 1. The van der Waals surface area contributed by atoms with Crippen LogP contribution in [0.15, 0.2) is 12.1 Å². The number of hydrogen-bond acceptors (Lipinski definition) is 6. The molecule has 1 saturated heterocycles. The topological polar surface area (TPSA) is 71.2 Å². The van der Waals surface area contributed by atoms with E-state index in [0.717, 1.165) is 18.4 Å². The van der Waals surface area contributed by atoms with Crippen molar-refractivity contribution in [2.75, 3.05) is 11.9 Å². The van der Waals surface area contributed by atoms with Gasteiger partial charge in [0.15, 0.2) is 5.65 Å². The third-order valence-electron chi connectivity index (χ3n) is 4.06. The highest BCUT2D eigenvalue weighted by Crippen LogP contribution is 2.33. The van der Waals surface area contributed by atoms with Crippen LogP contribution in [0.2, 0.25) is 0 Å². The molecule has 2 aromatic rings. The maximum absolute atomic E-state index is 4.36. The van der Waals surface area contributed by atoms with E-state index < -0.39 is 0 Å². The Balaban J connectivity index is 1.48. The molecule has 0 bridgehead atoms. The van der Waals surface area contributed by atoms with Crippen molar-refractivity contribution in [1.82, 2.24) is 30.2 Å². The molecular formula is C12H17N7. The molecule has 1 aliphatic carbocycles. The number of aromatic nitrogens is 5. The Hall–Kier alpha value is -1.76. The predicted molar refractivity (Wildman–Crippen MR) is 69.8 cm³/mol. The van der Waals surface area contributed by atoms with Crippen LogP contribution >= 0.6 is 0 Å². The average molecular weight is 259 g/mol. The smallest absolute Gasteiger partial charge is 0.200 e. The average Bonchev–Trinajstić information content (AvgIpc) is 3.02. The van der Waals surface area contributed by atoms with E-state index >= 15 is 0 Å². The normalized spacial score (nSPS) is 28.1. The summed E-state index contributed by atoms with van der Waals surface area (Å²) in [5.74, 6) is 0.842. The lowest BCUT2D eigenvalue weighted by molar-refractivity contribution is 0.257. The van der Waals surface area contributed by atoms with Gasteiger partial charge in [-0.1, -0.05) is 0 Å². The first kappa shape index (κ1) is 11.1. The molecule has 4 rings (SSSR count). The molecule has 0 spiro atoms. The molecule has 100 valence electrons. The molecule has 2 atom stereocenters. The maximum atomic E-state index is 4.36. The molecule has 2 aromatic heterocycles. The monoisotopic (exact) mass is 259 g/mol. The minimum atomic E-state index is 0.469. The SMILES string of the molecule is CC1CC(Nc2ccc3nnnn3n2)CN1C1CC1. The van der Waals surface area contributed by atoms with Crippen molar-refractivity contribution in [2.45, 2.75) is 44.3 Å². The first-order valence-electron chi connectivity index (χ1n) is 6.87. The lowest BCUT2D eigenvalue weighted by Crippen LogP contribution is -2.31. The second kappa shape index (κ2) is 4.12. The fourth-order valence-electron chi connectivity index (χ4n) is 3.01. The largest absolute Gasteiger partial charge is 0.364 e. The van der Waals surface area contributed by atoms with Crippen LogP contribution in [0.5, 0.6) is 0 Å². The molecule has 1 N–H and O–H groups in total. The van der Waals surface area contributed by atoms with Crippen molar-refractivity contribution in [3.63, 3.8) is 0 Å². The Morgan fingerprint density at radius 3 is 3.05 bits per heavy atom. The molecule has 3 heterocycles. The number of fused-ring (bicyclic) bond motifs is 1. The van der Waals surface area contributed by atoms with Crippen molar-refractivity contribution < 1.29 is 0 Å². The number of tetrazole rings is 1. The molecule has 19 heavy (non-hydrogen) atoms. The third kappa shape index (κ3) is 2.03. The summed E-state index contributed by atoms with van der Waals surface area (Å²) in [5, 5.41) is 19.1. The molecule has 0 amide bonds. The van der Waals surface area contributed by atoms with Gasteiger partial charge in [0.25, 0.3) is 0 Å². The molecule has 7 heteroatoms. The van der Waals surface area contributed by atoms with E-state index in [0.29, 0.717) is 17.7 Å². The van der Waals surface area contributed by atoms with Gasteiger partial charge in [0.05, 0.1) is 0 Å². The van der Waals surface area contributed by atoms with Gasteiger partial charge in [-0.3, -0.25) is 4.90 Å². The van der Waals surface area contributed by atoms with Gasteiger partial charge in [-0.05, 0) is 48.7 Å². The Morgan fingerprint density at radius 1 is 1.32 bits per heavy atom. The number of hydrogen-bond donors (Lipinski definition) is 1. The molecule has 0 radical (unpaired) electrons. The standard InChI is InChI=1S/C12H17N7/c1-8-6-9(7-18(8)10-2-3-10)13-11-4-5-12-14-16-17-19(12)15-11/h4-5,8-10H,2-3,6-7H2,1H3,(H,13,15). The molecule has 1 aliphatic heterocycles. The Morgan fingerprint density at radius 2 is 2.21 bits per heavy atom. The first-order valence-corrected chi connectivity index (χ1v) is 6.87. The second-order valence-corrected chi connectivity index (χ2v) is 5.60. The van der Waals surface area contributed by atoms with Gasteiger partial charge in [-0.15, -0.1) is 14.8 Å². The summed E-state index contributed by atoms with van der Waals surface area (Å²) >= 11 is 0. The van der Waals surface area contributed by atoms with Crippen molar-refractivity contribution in [1.29, 1.82) is 0 Å². The van der Waals surface area contributed by atoms with Crippen LogP contribution < -0.4 is 5.32 Å². The minimum absolute atomic E-state index is 0.469. The molecule has 2 unspecified atom stereocenters. The molecule has 7 nitrogen and oxygen atoms in total. The number of likely N-dealkylation sites (tertiary alicyclic amines) is 1. The zero-order valence-corrected chi connectivity index (χ0v) is 10.9. The van der Waals surface area contributed by atoms with Crippen LogP contribution in [0.1, 0.15) is 26.2 Å². The summed E-state index contributed by atoms with van der Waals surface area (Å²) in [4.78, 5) is 2.62. The quantitative estimate of drug-likeness (QED) is 0.868. The number of nitrogens with zero attached hydrogens (tertiary/aromatic N) is 6. The van der Waals surface area contributed by atoms with Gasteiger partial charge in [0.2, 0.25) is 0 Å². The van der Waals surface area contributed by atoms with Gasteiger partial charge in [-0.2, -0.15) is 0 Å². The van der Waals surface area contributed by atoms with Gasteiger partial charge in [0, 0.05) is 24.7 Å². The molecular weight excluding hydrogens is 242 g/mol. The minimum Gasteiger partial charge on any atom is -0.364 e. The van der Waals surface area contributed by atoms with E-state index in [1.165, 1.54) is 23.9 Å². The van der Waals surface area contributed by atoms with Crippen molar-refractivity contribution in [2.24, 2.45) is 0 Å². The highest BCUT2D eigenvalue weighted by Gasteiger charge is 2.38. The number of rotatable bonds is 3. The van der Waals surface area contributed by atoms with Crippen molar-refractivity contribution in [3.05, 3.63) is 12.1 Å². The van der Waals surface area contributed by atoms with Crippen LogP contribution in [0.25, 0.3) is 5.65 Å². The van der Waals surface area contributed by atoms with Crippen LogP contribution in [-0.2, 0) is 0 Å². The molecule has 1 saturated carbocycles. The second-order valence-electron chi connectivity index (χ2n) is 5.60. The summed E-state index contributed by atoms with van der Waals surface area (Å²) in [5.41, 5.74) is 0.671. The van der Waals surface area contributed by atoms with E-state index in [2.05, 4.69) is 37.8 Å². The Bertz CT molecular complexity index is 591. The lowest BCUT2D eigenvalue weighted by atomic mass is 10.2. The van der Waals surface area contributed by atoms with E-state index in [9.17, 15) is 0 Å². The first-order chi connectivity index (χ1) is 9.29. The lowest BCUT2D eigenvalue weighted by Gasteiger charge is -2.19. The van der Waals surface area contributed by atoms with Crippen LogP contribution in [0.4, 0.5) is 5.82 Å². The molecule has 0 aromatic carbocycles. The van der Waals surface area contributed by atoms with Crippen molar-refractivity contribution >= 4 is 11.5 Å². The Kier molecular flexibility index (Phi) is 2.41. The summed E-state index contributed by atoms with van der Waals surface area (Å²) in [6.45, 7) is 3.43. The molecule has 2 fully saturated rings. The highest BCUT2D eigenvalue weighted by atomic mass is 15.6. The van der Waals surface area contributed by atoms with Crippen LogP contribution in [0, 0.1) is 0 Å². The summed E-state index contributed by atoms with van der Waals surface area (Å²) < 4.78 is 1.46. The molecule has 2 aliphatic rings. The fourth-order valence-corrected chi connectivity index (χ4v) is 3.01. The third-order valence-corrected chi connectivity index (χ3v) is 4.06. The van der Waals surface area contributed by atoms with Crippen molar-refractivity contribution in [3.8, 4) is 0 Å². The summed E-state index contributed by atoms with van der Waals surface area (Å²) in [7, 11) is 0. The summed E-state index contributed by atoms with van der Waals surface area (Å²) in [6.07, 6.45) is 3.91. The van der Waals surface area contributed by atoms with E-state index in [1.54, 1.807) is 0 Å². The van der Waals surface area contributed by atoms with Gasteiger partial charge >= 0.3 is 0 Å². The fraction of sp³-hybridized carbons (Fsp3) is 0.667. The van der Waals surface area contributed by atoms with Gasteiger partial charge in [0.1, 0.15) is 5.82 Å². The summed E-state index contributed by atoms with van der Waals surface area (Å²) in [6, 6.07) is 5.79. The van der Waals surface area contributed by atoms with E-state index in [4.69, 9.17) is 0 Å². The van der Waals surface area contributed by atoms with E-state index in [-0.39, 0.29) is 0 Å². The van der Waals surface area contributed by atoms with Gasteiger partial charge < -0.3 is 5.32 Å². The Labute approximate surface area is 111 Å². The zero-order chi connectivity index (χ0) is 12.8. The highest BCUT2D eigenvalue weighted by molar-refractivity contribution is 5.42. The maximum Gasteiger partial charge on any atom is 0.200 e. The van der Waals surface area contributed by atoms with Crippen LogP contribution in [0.3, 0.4) is 0 Å². The predicted octanol–water partition coefficient (Wildman–Crippen LogP) is 0.556.